The Bertz CT molecular complexity index is 813. The van der Waals surface area contributed by atoms with Gasteiger partial charge in [-0.3, -0.25) is 4.79 Å². The highest BCUT2D eigenvalue weighted by atomic mass is 16.5. The van der Waals surface area contributed by atoms with Crippen molar-refractivity contribution in [1.29, 1.82) is 0 Å². The van der Waals surface area contributed by atoms with Crippen LogP contribution < -0.4 is 14.8 Å². The van der Waals surface area contributed by atoms with Crippen LogP contribution in [0.2, 0.25) is 0 Å². The zero-order valence-electron chi connectivity index (χ0n) is 14.6. The molecule has 3 aromatic rings. The summed E-state index contributed by atoms with van der Waals surface area (Å²) in [6, 6.07) is 16.5. The summed E-state index contributed by atoms with van der Waals surface area (Å²) in [6.45, 7) is 3.39. The van der Waals surface area contributed by atoms with Gasteiger partial charge in [-0.1, -0.05) is 0 Å². The van der Waals surface area contributed by atoms with Crippen LogP contribution in [-0.2, 0) is 0 Å². The smallest absolute Gasteiger partial charge is 0.251 e. The van der Waals surface area contributed by atoms with E-state index in [0.29, 0.717) is 25.3 Å². The monoisotopic (exact) mass is 351 g/mol. The first-order valence-electron chi connectivity index (χ1n) is 8.50. The van der Waals surface area contributed by atoms with E-state index in [1.54, 1.807) is 23.0 Å². The molecule has 0 aliphatic carbocycles. The van der Waals surface area contributed by atoms with E-state index in [1.807, 2.05) is 55.6 Å². The van der Waals surface area contributed by atoms with Crippen LogP contribution in [0.25, 0.3) is 5.69 Å². The van der Waals surface area contributed by atoms with Crippen LogP contribution >= 0.6 is 0 Å². The number of nitrogens with zero attached hydrogens (tertiary/aromatic N) is 2. The van der Waals surface area contributed by atoms with Gasteiger partial charge in [0.2, 0.25) is 0 Å². The van der Waals surface area contributed by atoms with Gasteiger partial charge in [0.15, 0.2) is 0 Å². The largest absolute Gasteiger partial charge is 0.494 e. The van der Waals surface area contributed by atoms with Crippen LogP contribution in [-0.4, -0.2) is 35.4 Å². The van der Waals surface area contributed by atoms with Crippen molar-refractivity contribution >= 4 is 5.91 Å². The molecule has 6 nitrogen and oxygen atoms in total. The Morgan fingerprint density at radius 3 is 2.35 bits per heavy atom. The van der Waals surface area contributed by atoms with Gasteiger partial charge in [0.05, 0.1) is 18.8 Å². The Balaban J connectivity index is 1.43. The van der Waals surface area contributed by atoms with Crippen LogP contribution in [0.4, 0.5) is 0 Å². The van der Waals surface area contributed by atoms with Crippen LogP contribution in [0.5, 0.6) is 11.5 Å². The van der Waals surface area contributed by atoms with E-state index >= 15 is 0 Å². The number of carbonyl (C=O) groups excluding carboxylic acids is 1. The van der Waals surface area contributed by atoms with E-state index in [1.165, 1.54) is 0 Å². The van der Waals surface area contributed by atoms with E-state index in [4.69, 9.17) is 9.47 Å². The number of nitrogens with one attached hydrogen (secondary N) is 1. The molecule has 0 aliphatic rings. The second-order valence-electron chi connectivity index (χ2n) is 5.51. The lowest BCUT2D eigenvalue weighted by Gasteiger charge is -2.09. The van der Waals surface area contributed by atoms with Crippen LogP contribution in [0, 0.1) is 0 Å². The molecule has 0 bridgehead atoms. The predicted octanol–water partition coefficient (Wildman–Crippen LogP) is 3.08. The van der Waals surface area contributed by atoms with Gasteiger partial charge in [0.25, 0.3) is 5.91 Å². The Morgan fingerprint density at radius 2 is 1.73 bits per heavy atom. The van der Waals surface area contributed by atoms with Crippen LogP contribution in [0.1, 0.15) is 17.3 Å². The minimum atomic E-state index is -0.132. The van der Waals surface area contributed by atoms with Gasteiger partial charge in [-0.15, -0.1) is 0 Å². The lowest BCUT2D eigenvalue weighted by molar-refractivity contribution is 0.0947. The van der Waals surface area contributed by atoms with Gasteiger partial charge in [0.1, 0.15) is 18.1 Å². The lowest BCUT2D eigenvalue weighted by Crippen LogP contribution is -2.28. The average Bonchev–Trinajstić information content (AvgIpc) is 3.21. The summed E-state index contributed by atoms with van der Waals surface area (Å²) in [5.41, 5.74) is 1.51. The summed E-state index contributed by atoms with van der Waals surface area (Å²) in [6.07, 6.45) is 3.57. The fourth-order valence-corrected chi connectivity index (χ4v) is 2.42. The molecular weight excluding hydrogens is 330 g/mol. The Labute approximate surface area is 152 Å². The highest BCUT2D eigenvalue weighted by molar-refractivity contribution is 5.94. The quantitative estimate of drug-likeness (QED) is 0.634. The van der Waals surface area contributed by atoms with Gasteiger partial charge in [0, 0.05) is 18.0 Å². The molecule has 1 amide bonds. The number of ether oxygens (including phenoxy) is 2. The Hall–Kier alpha value is -3.28. The standard InChI is InChI=1S/C20H21N3O3/c1-2-25-18-8-10-19(11-9-18)26-15-13-21-20(24)16-4-6-17(7-5-16)23-14-3-12-22-23/h3-12,14H,2,13,15H2,1H3,(H,21,24). The molecule has 0 radical (unpaired) electrons. The third-order valence-corrected chi connectivity index (χ3v) is 3.69. The van der Waals surface area contributed by atoms with Crippen molar-refractivity contribution in [2.75, 3.05) is 19.8 Å². The van der Waals surface area contributed by atoms with E-state index in [0.717, 1.165) is 17.2 Å². The van der Waals surface area contributed by atoms with Crippen molar-refractivity contribution in [3.8, 4) is 17.2 Å². The molecule has 0 unspecified atom stereocenters. The second-order valence-corrected chi connectivity index (χ2v) is 5.51. The van der Waals surface area contributed by atoms with Crippen molar-refractivity contribution < 1.29 is 14.3 Å². The Kier molecular flexibility index (Phi) is 5.88. The van der Waals surface area contributed by atoms with Crippen LogP contribution in [0.3, 0.4) is 0 Å². The molecule has 3 rings (SSSR count). The van der Waals surface area contributed by atoms with Crippen LogP contribution in [0.15, 0.2) is 67.0 Å². The van der Waals surface area contributed by atoms with E-state index in [-0.39, 0.29) is 5.91 Å². The van der Waals surface area contributed by atoms with Crippen molar-refractivity contribution in [1.82, 2.24) is 15.1 Å². The molecule has 0 atom stereocenters. The molecule has 0 aliphatic heterocycles. The summed E-state index contributed by atoms with van der Waals surface area (Å²) in [4.78, 5) is 12.2. The normalized spacial score (nSPS) is 10.3. The summed E-state index contributed by atoms with van der Waals surface area (Å²) < 4.78 is 12.7. The van der Waals surface area contributed by atoms with E-state index in [2.05, 4.69) is 10.4 Å². The number of hydrogen-bond acceptors (Lipinski definition) is 4. The molecule has 0 spiro atoms. The Morgan fingerprint density at radius 1 is 1.04 bits per heavy atom. The summed E-state index contributed by atoms with van der Waals surface area (Å²) in [5.74, 6) is 1.42. The number of amides is 1. The van der Waals surface area contributed by atoms with Gasteiger partial charge in [-0.25, -0.2) is 4.68 Å². The third-order valence-electron chi connectivity index (χ3n) is 3.69. The first-order valence-corrected chi connectivity index (χ1v) is 8.50. The minimum Gasteiger partial charge on any atom is -0.494 e. The SMILES string of the molecule is CCOc1ccc(OCCNC(=O)c2ccc(-n3cccn3)cc2)cc1. The van der Waals surface area contributed by atoms with Gasteiger partial charge >= 0.3 is 0 Å². The number of aromatic nitrogens is 2. The van der Waals surface area contributed by atoms with Gasteiger partial charge < -0.3 is 14.8 Å². The topological polar surface area (TPSA) is 65.4 Å². The minimum absolute atomic E-state index is 0.132. The van der Waals surface area contributed by atoms with Crippen molar-refractivity contribution in [3.63, 3.8) is 0 Å². The molecule has 1 N–H and O–H groups in total. The fraction of sp³-hybridized carbons (Fsp3) is 0.200. The van der Waals surface area contributed by atoms with Gasteiger partial charge in [-0.2, -0.15) is 5.10 Å². The molecule has 0 saturated heterocycles. The summed E-state index contributed by atoms with van der Waals surface area (Å²) in [5, 5.41) is 7.00. The van der Waals surface area contributed by atoms with E-state index in [9.17, 15) is 4.79 Å². The van der Waals surface area contributed by atoms with Crippen molar-refractivity contribution in [3.05, 3.63) is 72.6 Å². The zero-order valence-corrected chi connectivity index (χ0v) is 14.6. The predicted molar refractivity (Wildman–Crippen MR) is 99.0 cm³/mol. The number of carbonyl (C=O) groups is 1. The highest BCUT2D eigenvalue weighted by Crippen LogP contribution is 2.17. The third kappa shape index (κ3) is 4.63. The first-order chi connectivity index (χ1) is 12.8. The second kappa shape index (κ2) is 8.71. The maximum absolute atomic E-state index is 12.2. The summed E-state index contributed by atoms with van der Waals surface area (Å²) >= 11 is 0. The molecule has 1 heterocycles. The highest BCUT2D eigenvalue weighted by Gasteiger charge is 2.05. The number of hydrogen-bond donors (Lipinski definition) is 1. The first kappa shape index (κ1) is 17.5. The molecule has 0 saturated carbocycles. The average molecular weight is 351 g/mol. The molecule has 1 aromatic heterocycles. The molecule has 134 valence electrons. The molecule has 2 aromatic carbocycles. The van der Waals surface area contributed by atoms with Crippen molar-refractivity contribution in [2.24, 2.45) is 0 Å². The molecular formula is C20H21N3O3. The lowest BCUT2D eigenvalue weighted by atomic mass is 10.2. The molecule has 26 heavy (non-hydrogen) atoms. The van der Waals surface area contributed by atoms with E-state index < -0.39 is 0 Å². The molecule has 0 fully saturated rings. The fourth-order valence-electron chi connectivity index (χ4n) is 2.42. The maximum atomic E-state index is 12.2. The zero-order chi connectivity index (χ0) is 18.2. The summed E-state index contributed by atoms with van der Waals surface area (Å²) in [7, 11) is 0. The van der Waals surface area contributed by atoms with Gasteiger partial charge in [-0.05, 0) is 61.5 Å². The van der Waals surface area contributed by atoms with Crippen molar-refractivity contribution in [2.45, 2.75) is 6.92 Å². The maximum Gasteiger partial charge on any atom is 0.251 e. The molecule has 6 heteroatoms. The number of benzene rings is 2. The number of rotatable bonds is 8.